The van der Waals surface area contributed by atoms with Crippen LogP contribution in [0.2, 0.25) is 0 Å². The van der Waals surface area contributed by atoms with Crippen molar-refractivity contribution in [1.82, 2.24) is 9.97 Å². The summed E-state index contributed by atoms with van der Waals surface area (Å²) in [5, 5.41) is 0. The summed E-state index contributed by atoms with van der Waals surface area (Å²) in [6.45, 7) is 6.03. The van der Waals surface area contributed by atoms with Gasteiger partial charge in [0.25, 0.3) is 0 Å². The first kappa shape index (κ1) is 14.9. The Labute approximate surface area is 125 Å². The van der Waals surface area contributed by atoms with Crippen LogP contribution in [0, 0.1) is 12.7 Å². The first-order chi connectivity index (χ1) is 9.43. The maximum atomic E-state index is 13.3. The predicted octanol–water partition coefficient (Wildman–Crippen LogP) is 3.76. The Kier molecular flexibility index (Phi) is 4.35. The van der Waals surface area contributed by atoms with E-state index in [4.69, 9.17) is 5.84 Å². The molecular weight excluding hydrogens is 323 g/mol. The van der Waals surface area contributed by atoms with Gasteiger partial charge in [-0.25, -0.2) is 20.2 Å². The number of nitrogens with one attached hydrogen (secondary N) is 1. The van der Waals surface area contributed by atoms with Crippen molar-refractivity contribution in [3.8, 4) is 11.4 Å². The van der Waals surface area contributed by atoms with Crippen molar-refractivity contribution in [3.63, 3.8) is 0 Å². The molecule has 3 N–H and O–H groups in total. The number of aryl methyl sites for hydroxylation is 1. The molecule has 4 nitrogen and oxygen atoms in total. The zero-order chi connectivity index (χ0) is 14.9. The zero-order valence-corrected chi connectivity index (χ0v) is 13.1. The molecule has 0 atom stereocenters. The summed E-state index contributed by atoms with van der Waals surface area (Å²) in [6, 6.07) is 4.67. The Balaban J connectivity index is 2.58. The third-order valence-corrected chi connectivity index (χ3v) is 3.64. The van der Waals surface area contributed by atoms with Crippen LogP contribution >= 0.6 is 15.9 Å². The van der Waals surface area contributed by atoms with Gasteiger partial charge in [0.2, 0.25) is 0 Å². The molecule has 2 rings (SSSR count). The third-order valence-electron chi connectivity index (χ3n) is 3.03. The molecule has 1 aromatic carbocycles. The largest absolute Gasteiger partial charge is 0.308 e. The number of rotatable bonds is 3. The van der Waals surface area contributed by atoms with Crippen LogP contribution in [-0.2, 0) is 0 Å². The van der Waals surface area contributed by atoms with Crippen LogP contribution < -0.4 is 11.3 Å². The van der Waals surface area contributed by atoms with E-state index < -0.39 is 0 Å². The van der Waals surface area contributed by atoms with Gasteiger partial charge in [-0.15, -0.1) is 0 Å². The molecule has 0 saturated carbocycles. The number of nitrogens with two attached hydrogens (primary N) is 1. The van der Waals surface area contributed by atoms with E-state index in [1.807, 2.05) is 6.92 Å². The number of nitrogens with zero attached hydrogens (tertiary/aromatic N) is 2. The van der Waals surface area contributed by atoms with E-state index in [-0.39, 0.29) is 11.7 Å². The fraction of sp³-hybridized carbons (Fsp3) is 0.286. The molecule has 106 valence electrons. The van der Waals surface area contributed by atoms with Crippen molar-refractivity contribution in [2.75, 3.05) is 5.43 Å². The molecule has 2 aromatic rings. The lowest BCUT2D eigenvalue weighted by atomic mass is 10.0. The number of anilines is 1. The summed E-state index contributed by atoms with van der Waals surface area (Å²) < 4.78 is 13.7. The number of aromatic nitrogens is 2. The predicted molar refractivity (Wildman–Crippen MR) is 81.8 cm³/mol. The maximum absolute atomic E-state index is 13.3. The number of hydrogen-bond donors (Lipinski definition) is 2. The molecule has 0 radical (unpaired) electrons. The monoisotopic (exact) mass is 338 g/mol. The minimum Gasteiger partial charge on any atom is -0.308 e. The fourth-order valence-corrected chi connectivity index (χ4v) is 2.53. The van der Waals surface area contributed by atoms with Gasteiger partial charge in [-0.05, 0) is 47.0 Å². The second kappa shape index (κ2) is 5.85. The highest BCUT2D eigenvalue weighted by Gasteiger charge is 2.15. The van der Waals surface area contributed by atoms with E-state index in [9.17, 15) is 4.39 Å². The minimum atomic E-state index is -0.318. The van der Waals surface area contributed by atoms with Crippen LogP contribution in [0.15, 0.2) is 22.7 Å². The van der Waals surface area contributed by atoms with Gasteiger partial charge in [-0.3, -0.25) is 0 Å². The molecular formula is C14H16BrFN4. The Morgan fingerprint density at radius 1 is 1.30 bits per heavy atom. The SMILES string of the molecule is Cc1nc(-c2ccc(F)c(Br)c2)nc(NN)c1C(C)C. The Morgan fingerprint density at radius 2 is 2.00 bits per heavy atom. The topological polar surface area (TPSA) is 63.8 Å². The van der Waals surface area contributed by atoms with Crippen molar-refractivity contribution in [1.29, 1.82) is 0 Å². The molecule has 0 aliphatic carbocycles. The van der Waals surface area contributed by atoms with Crippen molar-refractivity contribution in [3.05, 3.63) is 39.7 Å². The van der Waals surface area contributed by atoms with Crippen molar-refractivity contribution in [2.24, 2.45) is 5.84 Å². The molecule has 20 heavy (non-hydrogen) atoms. The van der Waals surface area contributed by atoms with Crippen LogP contribution in [0.5, 0.6) is 0 Å². The van der Waals surface area contributed by atoms with Crippen LogP contribution in [0.1, 0.15) is 31.0 Å². The summed E-state index contributed by atoms with van der Waals surface area (Å²) >= 11 is 3.16. The molecule has 0 unspecified atom stereocenters. The summed E-state index contributed by atoms with van der Waals surface area (Å²) in [5.41, 5.74) is 5.19. The van der Waals surface area contributed by atoms with Gasteiger partial charge in [-0.1, -0.05) is 13.8 Å². The number of benzene rings is 1. The van der Waals surface area contributed by atoms with E-state index in [1.165, 1.54) is 6.07 Å². The molecule has 6 heteroatoms. The Bertz CT molecular complexity index is 643. The maximum Gasteiger partial charge on any atom is 0.161 e. The smallest absolute Gasteiger partial charge is 0.161 e. The molecule has 1 aromatic heterocycles. The summed E-state index contributed by atoms with van der Waals surface area (Å²) in [5.74, 6) is 6.60. The lowest BCUT2D eigenvalue weighted by Crippen LogP contribution is -2.14. The van der Waals surface area contributed by atoms with Crippen LogP contribution in [0.3, 0.4) is 0 Å². The Hall–Kier alpha value is -1.53. The average Bonchev–Trinajstić information content (AvgIpc) is 2.40. The molecule has 0 spiro atoms. The van der Waals surface area contributed by atoms with Crippen LogP contribution in [0.25, 0.3) is 11.4 Å². The number of hydrazine groups is 1. The van der Waals surface area contributed by atoms with E-state index in [0.29, 0.717) is 16.1 Å². The molecule has 0 fully saturated rings. The van der Waals surface area contributed by atoms with Gasteiger partial charge < -0.3 is 5.43 Å². The third kappa shape index (κ3) is 2.81. The minimum absolute atomic E-state index is 0.259. The van der Waals surface area contributed by atoms with E-state index in [1.54, 1.807) is 12.1 Å². The van der Waals surface area contributed by atoms with Gasteiger partial charge in [-0.2, -0.15) is 0 Å². The van der Waals surface area contributed by atoms with Crippen molar-refractivity contribution in [2.45, 2.75) is 26.7 Å². The first-order valence-corrected chi connectivity index (χ1v) is 7.04. The van der Waals surface area contributed by atoms with Gasteiger partial charge in [0.1, 0.15) is 11.6 Å². The standard InChI is InChI=1S/C14H16BrFN4/c1-7(2)12-8(3)18-13(19-14(12)20-17)9-4-5-11(16)10(15)6-9/h4-7H,17H2,1-3H3,(H,18,19,20). The second-order valence-electron chi connectivity index (χ2n) is 4.82. The molecule has 0 aliphatic heterocycles. The van der Waals surface area contributed by atoms with Crippen molar-refractivity contribution < 1.29 is 4.39 Å². The summed E-state index contributed by atoms with van der Waals surface area (Å²) in [6.07, 6.45) is 0. The Morgan fingerprint density at radius 3 is 2.55 bits per heavy atom. The highest BCUT2D eigenvalue weighted by atomic mass is 79.9. The number of hydrogen-bond acceptors (Lipinski definition) is 4. The number of nitrogen functional groups attached to an aromatic ring is 1. The van der Waals surface area contributed by atoms with E-state index in [2.05, 4.69) is 45.2 Å². The number of halogens is 2. The molecule has 0 amide bonds. The molecule has 1 heterocycles. The van der Waals surface area contributed by atoms with Gasteiger partial charge in [0.05, 0.1) is 4.47 Å². The quantitative estimate of drug-likeness (QED) is 0.660. The highest BCUT2D eigenvalue weighted by molar-refractivity contribution is 9.10. The normalized spacial score (nSPS) is 10.9. The van der Waals surface area contributed by atoms with Crippen LogP contribution in [0.4, 0.5) is 10.2 Å². The van der Waals surface area contributed by atoms with E-state index >= 15 is 0 Å². The fourth-order valence-electron chi connectivity index (χ4n) is 2.15. The lowest BCUT2D eigenvalue weighted by molar-refractivity contribution is 0.621. The average molecular weight is 339 g/mol. The van der Waals surface area contributed by atoms with E-state index in [0.717, 1.165) is 16.8 Å². The summed E-state index contributed by atoms with van der Waals surface area (Å²) in [4.78, 5) is 8.92. The van der Waals surface area contributed by atoms with Gasteiger partial charge in [0, 0.05) is 16.8 Å². The van der Waals surface area contributed by atoms with Gasteiger partial charge in [0.15, 0.2) is 5.82 Å². The van der Waals surface area contributed by atoms with Crippen molar-refractivity contribution >= 4 is 21.7 Å². The molecule has 0 aliphatic rings. The highest BCUT2D eigenvalue weighted by Crippen LogP contribution is 2.29. The second-order valence-corrected chi connectivity index (χ2v) is 5.68. The summed E-state index contributed by atoms with van der Waals surface area (Å²) in [7, 11) is 0. The van der Waals surface area contributed by atoms with Crippen LogP contribution in [-0.4, -0.2) is 9.97 Å². The first-order valence-electron chi connectivity index (χ1n) is 6.24. The zero-order valence-electron chi connectivity index (χ0n) is 11.5. The lowest BCUT2D eigenvalue weighted by Gasteiger charge is -2.15. The molecule has 0 bridgehead atoms. The van der Waals surface area contributed by atoms with Gasteiger partial charge >= 0.3 is 0 Å². The molecule has 0 saturated heterocycles.